The molecule has 1 aromatic rings. The number of carbonyl (C=O) groups excluding carboxylic acids is 8. The molecule has 0 saturated carbocycles. The molecule has 0 aromatic carbocycles. The second-order valence-corrected chi connectivity index (χ2v) is 30.7. The molecule has 7 saturated heterocycles. The van der Waals surface area contributed by atoms with Crippen molar-refractivity contribution in [3.63, 3.8) is 0 Å². The number of aromatic nitrogens is 3. The van der Waals surface area contributed by atoms with E-state index in [9.17, 15) is 74.2 Å². The van der Waals surface area contributed by atoms with Crippen LogP contribution in [0.2, 0.25) is 0 Å². The highest BCUT2D eigenvalue weighted by atomic mass is 32.2. The Kier molecular flexibility index (Phi) is 27.3. The second-order valence-electron chi connectivity index (χ2n) is 25.2. The van der Waals surface area contributed by atoms with Crippen molar-refractivity contribution in [1.82, 2.24) is 68.1 Å². The van der Waals surface area contributed by atoms with Crippen molar-refractivity contribution in [1.29, 1.82) is 0 Å². The molecule has 0 spiro atoms. The van der Waals surface area contributed by atoms with Gasteiger partial charge in [-0.05, 0) is 89.9 Å². The van der Waals surface area contributed by atoms with Crippen molar-refractivity contribution in [2.45, 2.75) is 200 Å². The molecule has 8 rings (SSSR count). The SMILES string of the molecule is O=C(CCCC[C@@H]1SC[C@@H]2NC(=O)N[C@@H]21)NCCCCCC(=O)NC(CS(=O)(=O)O)C(=O)NC1CCN(c2nc(N3CCC(NC(=O)C(CS(=O)(=O)O)NC(=O)CCCCCNC(=O)CCCC[C@@H]4SC[C@H]5NC(=O)N[C@@H]45)CC3)nc(N3CCC(C(=O)O)CC3)n2)CC1. The predicted molar refractivity (Wildman–Crippen MR) is 347 cm³/mol. The molecule has 13 N–H and O–H groups in total. The molecule has 32 nitrogen and oxygen atoms in total. The summed E-state index contributed by atoms with van der Waals surface area (Å²) in [5, 5.41) is 38.5. The van der Waals surface area contributed by atoms with Crippen LogP contribution in [-0.2, 0) is 53.8 Å². The number of rotatable bonds is 36. The number of hydrogen-bond acceptors (Lipinski definition) is 21. The fourth-order valence-corrected chi connectivity index (χ4v) is 17.2. The third kappa shape index (κ3) is 23.6. The number of carbonyl (C=O) groups is 9. The first-order valence-corrected chi connectivity index (χ1v) is 38.0. The molecule has 2 unspecified atom stereocenters. The molecule has 7 aliphatic rings. The number of hydrogen-bond donors (Lipinski definition) is 13. The molecule has 8 heterocycles. The number of thioether (sulfide) groups is 2. The van der Waals surface area contributed by atoms with Gasteiger partial charge in [0.05, 0.1) is 30.1 Å². The van der Waals surface area contributed by atoms with Gasteiger partial charge >= 0.3 is 18.0 Å². The molecule has 0 aliphatic carbocycles. The van der Waals surface area contributed by atoms with Gasteiger partial charge in [0.25, 0.3) is 20.2 Å². The van der Waals surface area contributed by atoms with Gasteiger partial charge in [-0.25, -0.2) is 9.59 Å². The van der Waals surface area contributed by atoms with E-state index in [4.69, 9.17) is 15.0 Å². The van der Waals surface area contributed by atoms with E-state index in [1.54, 1.807) is 0 Å². The van der Waals surface area contributed by atoms with E-state index in [1.807, 2.05) is 38.2 Å². The maximum atomic E-state index is 13.6. The first-order chi connectivity index (χ1) is 44.4. The molecular weight excluding hydrogens is 1290 g/mol. The van der Waals surface area contributed by atoms with Crippen LogP contribution in [0.5, 0.6) is 0 Å². The molecule has 93 heavy (non-hydrogen) atoms. The zero-order valence-corrected chi connectivity index (χ0v) is 55.6. The van der Waals surface area contributed by atoms with E-state index < -0.39 is 91.4 Å². The lowest BCUT2D eigenvalue weighted by molar-refractivity contribution is -0.142. The van der Waals surface area contributed by atoms with Crippen LogP contribution in [0.15, 0.2) is 0 Å². The minimum Gasteiger partial charge on any atom is -0.481 e. The highest BCUT2D eigenvalue weighted by Crippen LogP contribution is 2.35. The van der Waals surface area contributed by atoms with Crippen molar-refractivity contribution in [3.8, 4) is 0 Å². The first-order valence-electron chi connectivity index (χ1n) is 32.7. The molecule has 0 bridgehead atoms. The van der Waals surface area contributed by atoms with Gasteiger partial charge in [0.15, 0.2) is 0 Å². The largest absolute Gasteiger partial charge is 0.481 e. The molecule has 10 amide bonds. The Morgan fingerprint density at radius 2 is 0.849 bits per heavy atom. The zero-order chi connectivity index (χ0) is 66.7. The topological polar surface area (TPSA) is 451 Å². The third-order valence-corrected chi connectivity index (χ3v) is 22.5. The van der Waals surface area contributed by atoms with Gasteiger partial charge < -0.3 is 73.0 Å². The summed E-state index contributed by atoms with van der Waals surface area (Å²) >= 11 is 3.67. The van der Waals surface area contributed by atoms with Gasteiger partial charge in [0.2, 0.25) is 53.3 Å². The maximum absolute atomic E-state index is 13.6. The molecule has 0 radical (unpaired) electrons. The smallest absolute Gasteiger partial charge is 0.315 e. The maximum Gasteiger partial charge on any atom is 0.315 e. The van der Waals surface area contributed by atoms with Gasteiger partial charge in [-0.1, -0.05) is 25.7 Å². The van der Waals surface area contributed by atoms with Gasteiger partial charge in [-0.2, -0.15) is 55.3 Å². The second kappa shape index (κ2) is 35.0. The van der Waals surface area contributed by atoms with E-state index in [-0.39, 0.29) is 60.9 Å². The summed E-state index contributed by atoms with van der Waals surface area (Å²) in [6.45, 7) is 2.85. The van der Waals surface area contributed by atoms with Crippen molar-refractivity contribution >= 4 is 115 Å². The first kappa shape index (κ1) is 72.6. The quantitative estimate of drug-likeness (QED) is 0.0237. The van der Waals surface area contributed by atoms with Crippen molar-refractivity contribution < 1.29 is 74.2 Å². The fraction of sp³-hybridized carbons (Fsp3) is 0.789. The number of unbranched alkanes of at least 4 members (excludes halogenated alkanes) is 6. The van der Waals surface area contributed by atoms with Crippen LogP contribution in [-0.4, -0.2) is 234 Å². The van der Waals surface area contributed by atoms with E-state index in [0.29, 0.717) is 171 Å². The van der Waals surface area contributed by atoms with Crippen LogP contribution in [0.3, 0.4) is 0 Å². The van der Waals surface area contributed by atoms with E-state index >= 15 is 0 Å². The molecule has 1 aromatic heterocycles. The third-order valence-electron chi connectivity index (χ3n) is 18.0. The Labute approximate surface area is 550 Å². The van der Waals surface area contributed by atoms with Crippen LogP contribution in [0.1, 0.15) is 141 Å². The average Bonchev–Trinajstić information content (AvgIpc) is 1.46. The summed E-state index contributed by atoms with van der Waals surface area (Å²) in [6, 6.07) is -3.79. The zero-order valence-electron chi connectivity index (χ0n) is 52.4. The number of anilines is 3. The Balaban J connectivity index is 0.746. The molecular formula is C57H92N16O16S4. The Hall–Kier alpha value is -6.24. The lowest BCUT2D eigenvalue weighted by Crippen LogP contribution is -2.54. The Bertz CT molecular complexity index is 2830. The fourth-order valence-electron chi connectivity index (χ4n) is 12.8. The van der Waals surface area contributed by atoms with Crippen molar-refractivity contribution in [2.75, 3.05) is 90.1 Å². The summed E-state index contributed by atoms with van der Waals surface area (Å²) < 4.78 is 67.7. The normalized spacial score (nSPS) is 23.3. The highest BCUT2D eigenvalue weighted by Gasteiger charge is 2.44. The molecule has 7 aliphatic heterocycles. The Morgan fingerprint density at radius 1 is 0.495 bits per heavy atom. The number of nitrogens with one attached hydrogen (secondary N) is 10. The van der Waals surface area contributed by atoms with Gasteiger partial charge in [0, 0.05) is 112 Å². The van der Waals surface area contributed by atoms with Gasteiger partial charge in [-0.3, -0.25) is 42.7 Å². The lowest BCUT2D eigenvalue weighted by Gasteiger charge is -2.36. The summed E-state index contributed by atoms with van der Waals surface area (Å²) in [4.78, 5) is 133. The van der Waals surface area contributed by atoms with E-state index in [0.717, 1.165) is 50.0 Å². The van der Waals surface area contributed by atoms with Crippen molar-refractivity contribution in [3.05, 3.63) is 0 Å². The van der Waals surface area contributed by atoms with Crippen LogP contribution in [0, 0.1) is 5.92 Å². The summed E-state index contributed by atoms with van der Waals surface area (Å²) in [5.74, 6) is -3.69. The molecule has 36 heteroatoms. The predicted octanol–water partition coefficient (Wildman–Crippen LogP) is -0.107. The average molecular weight is 1390 g/mol. The number of carboxylic acid groups (broad SMARTS) is 1. The number of fused-ring (bicyclic) bond motifs is 2. The van der Waals surface area contributed by atoms with Gasteiger partial charge in [-0.15, -0.1) is 0 Å². The number of urea groups is 2. The lowest BCUT2D eigenvalue weighted by atomic mass is 9.97. The van der Waals surface area contributed by atoms with Crippen LogP contribution < -0.4 is 67.9 Å². The molecule has 520 valence electrons. The minimum atomic E-state index is -4.70. The monoisotopic (exact) mass is 1380 g/mol. The minimum absolute atomic E-state index is 0.0251. The number of carboxylic acids is 1. The van der Waals surface area contributed by atoms with Crippen LogP contribution in [0.25, 0.3) is 0 Å². The van der Waals surface area contributed by atoms with Gasteiger partial charge in [0.1, 0.15) is 23.6 Å². The molecule has 8 atom stereocenters. The Morgan fingerprint density at radius 3 is 1.22 bits per heavy atom. The number of aliphatic carboxylic acids is 1. The van der Waals surface area contributed by atoms with Crippen LogP contribution >= 0.6 is 23.5 Å². The highest BCUT2D eigenvalue weighted by molar-refractivity contribution is 8.00. The summed E-state index contributed by atoms with van der Waals surface area (Å²) in [7, 11) is -9.41. The number of amides is 10. The van der Waals surface area contributed by atoms with Crippen LogP contribution in [0.4, 0.5) is 27.4 Å². The summed E-state index contributed by atoms with van der Waals surface area (Å²) in [6.07, 6.45) is 11.0. The summed E-state index contributed by atoms with van der Waals surface area (Å²) in [5.41, 5.74) is 0. The number of nitrogens with zero attached hydrogens (tertiary/aromatic N) is 6. The number of piperidine rings is 3. The standard InChI is InChI=1S/C57H92N16O16S4/c74-44(13-7-5-11-42-48-38(31-90-42)64-56(82)66-48)58-23-9-1-3-15-46(76)62-40(33-92(84,85)86)50(78)60-36-19-27-72(28-20-36)54-68-53(71-25-17-35(18-26-71)52(80)81)69-55(70-54)73-29-21-37(22-30-73)61-51(79)41(34-93(87,88)89)63-47(77)16-4-2-10-24-59-45(75)14-8-6-12-43-49-39(32-91-43)65-57(83)67-49/h35-43,48-49H,1-34H2,(H,58,74)(H,59,75)(H,60,78)(H,61,79)(H,62,76)(H,63,77)(H,80,81)(H2,64,66,82)(H2,65,67,83)(H,84,85,86)(H,87,88,89)/t38-,39+,40?,41?,42-,43-,48-,49+/m0/s1. The van der Waals surface area contributed by atoms with E-state index in [2.05, 4.69) is 53.2 Å². The molecule has 7 fully saturated rings. The van der Waals surface area contributed by atoms with Crippen molar-refractivity contribution in [2.24, 2.45) is 5.92 Å². The van der Waals surface area contributed by atoms with E-state index in [1.165, 1.54) is 0 Å².